The third-order valence-electron chi connectivity index (χ3n) is 4.61. The van der Waals surface area contributed by atoms with Crippen LogP contribution in [0.1, 0.15) is 25.8 Å². The quantitative estimate of drug-likeness (QED) is 0.262. The van der Waals surface area contributed by atoms with E-state index in [0.717, 1.165) is 0 Å². The molecule has 1 aliphatic carbocycles. The molecule has 2 unspecified atom stereocenters. The van der Waals surface area contributed by atoms with Crippen LogP contribution >= 0.6 is 34.8 Å². The van der Waals surface area contributed by atoms with E-state index in [1.54, 1.807) is 19.9 Å². The maximum atomic E-state index is 13.7. The van der Waals surface area contributed by atoms with E-state index in [0.29, 0.717) is 6.42 Å². The maximum Gasteiger partial charge on any atom is 0.309 e. The second-order valence-corrected chi connectivity index (χ2v) is 7.71. The van der Waals surface area contributed by atoms with E-state index in [2.05, 4.69) is 0 Å². The Hall–Kier alpha value is -0.980. The highest BCUT2D eigenvalue weighted by molar-refractivity contribution is 6.55. The number of benzene rings is 1. The van der Waals surface area contributed by atoms with Gasteiger partial charge in [-0.2, -0.15) is 0 Å². The van der Waals surface area contributed by atoms with Crippen LogP contribution in [0.25, 0.3) is 0 Å². The lowest BCUT2D eigenvalue weighted by atomic mass is 9.55. The second-order valence-electron chi connectivity index (χ2n) is 6.33. The van der Waals surface area contributed by atoms with Crippen molar-refractivity contribution in [3.8, 4) is 0 Å². The van der Waals surface area contributed by atoms with E-state index >= 15 is 0 Å². The van der Waals surface area contributed by atoms with E-state index < -0.39 is 57.8 Å². The lowest BCUT2D eigenvalue weighted by Gasteiger charge is -2.49. The molecular weight excluding hydrogens is 407 g/mol. The van der Waals surface area contributed by atoms with Gasteiger partial charge in [-0.25, -0.2) is 17.6 Å². The largest absolute Gasteiger partial charge is 0.460 e. The third-order valence-corrected chi connectivity index (χ3v) is 5.20. The van der Waals surface area contributed by atoms with Gasteiger partial charge in [-0.3, -0.25) is 4.79 Å². The summed E-state index contributed by atoms with van der Waals surface area (Å²) >= 11 is 16.3. The molecule has 0 spiro atoms. The van der Waals surface area contributed by atoms with Gasteiger partial charge in [0.05, 0.1) is 11.5 Å². The molecule has 0 aromatic heterocycles. The van der Waals surface area contributed by atoms with Gasteiger partial charge in [0.1, 0.15) is 16.1 Å². The number of allylic oxidation sites excluding steroid dienone is 1. The van der Waals surface area contributed by atoms with Crippen molar-refractivity contribution in [1.82, 2.24) is 0 Å². The second kappa shape index (κ2) is 7.33. The average Bonchev–Trinajstić information content (AvgIpc) is 2.54. The molecule has 1 saturated carbocycles. The van der Waals surface area contributed by atoms with Crippen molar-refractivity contribution < 1.29 is 27.1 Å². The van der Waals surface area contributed by atoms with Crippen LogP contribution in [0, 0.1) is 40.5 Å². The lowest BCUT2D eigenvalue weighted by molar-refractivity contribution is -0.164. The zero-order valence-electron chi connectivity index (χ0n) is 13.1. The number of carbonyl (C=O) groups is 1. The van der Waals surface area contributed by atoms with E-state index in [9.17, 15) is 22.4 Å². The van der Waals surface area contributed by atoms with Gasteiger partial charge in [0.25, 0.3) is 0 Å². The molecule has 0 heterocycles. The summed E-state index contributed by atoms with van der Waals surface area (Å²) in [4.78, 5) is 12.1. The Morgan fingerprint density at radius 1 is 1.16 bits per heavy atom. The monoisotopic (exact) mass is 418 g/mol. The Kier molecular flexibility index (Phi) is 5.96. The molecule has 9 heteroatoms. The number of hydrogen-bond donors (Lipinski definition) is 0. The minimum absolute atomic E-state index is 0.0705. The van der Waals surface area contributed by atoms with Crippen molar-refractivity contribution >= 4 is 40.8 Å². The van der Waals surface area contributed by atoms with Crippen LogP contribution in [0.3, 0.4) is 0 Å². The number of carbonyl (C=O) groups excluding carboxylic acids is 1. The van der Waals surface area contributed by atoms with Gasteiger partial charge in [-0.05, 0) is 17.8 Å². The lowest BCUT2D eigenvalue weighted by Crippen LogP contribution is -2.48. The van der Waals surface area contributed by atoms with E-state index in [4.69, 9.17) is 39.5 Å². The molecule has 0 N–H and O–H groups in total. The average molecular weight is 420 g/mol. The summed E-state index contributed by atoms with van der Waals surface area (Å²) in [6.45, 7) is 2.61. The van der Waals surface area contributed by atoms with Crippen molar-refractivity contribution in [1.29, 1.82) is 0 Å². The van der Waals surface area contributed by atoms with Crippen molar-refractivity contribution in [2.75, 3.05) is 0 Å². The SMILES string of the molecule is CC1(C)C(C=C(Cl)Cl)CC1C(=O)OCc1c(F)c(F)c(Cl)c(F)c1F. The molecule has 1 aliphatic rings. The van der Waals surface area contributed by atoms with E-state index in [1.165, 1.54) is 0 Å². The molecular formula is C16H13Cl3F4O2. The Bertz CT molecular complexity index is 716. The van der Waals surface area contributed by atoms with Gasteiger partial charge >= 0.3 is 5.97 Å². The minimum Gasteiger partial charge on any atom is -0.460 e. The molecule has 2 atom stereocenters. The molecule has 1 aromatic rings. The fourth-order valence-corrected chi connectivity index (χ4v) is 3.29. The zero-order chi connectivity index (χ0) is 19.1. The fraction of sp³-hybridized carbons (Fsp3) is 0.438. The first-order valence-electron chi connectivity index (χ1n) is 7.18. The summed E-state index contributed by atoms with van der Waals surface area (Å²) in [5, 5.41) is -1.29. The first-order chi connectivity index (χ1) is 11.5. The van der Waals surface area contributed by atoms with Gasteiger partial charge in [0, 0.05) is 0 Å². The predicted octanol–water partition coefficient (Wildman–Crippen LogP) is 5.92. The van der Waals surface area contributed by atoms with E-state index in [-0.39, 0.29) is 10.4 Å². The smallest absolute Gasteiger partial charge is 0.309 e. The highest BCUT2D eigenvalue weighted by Crippen LogP contribution is 2.53. The summed E-state index contributed by atoms with van der Waals surface area (Å²) in [7, 11) is 0. The first-order valence-corrected chi connectivity index (χ1v) is 8.31. The number of halogens is 7. The first kappa shape index (κ1) is 20.3. The van der Waals surface area contributed by atoms with Crippen LogP contribution in [0.4, 0.5) is 17.6 Å². The number of ether oxygens (including phenoxy) is 1. The van der Waals surface area contributed by atoms with Crippen molar-refractivity contribution in [3.05, 3.63) is 44.4 Å². The predicted molar refractivity (Wildman–Crippen MR) is 86.2 cm³/mol. The normalized spacial score (nSPS) is 21.5. The van der Waals surface area contributed by atoms with Gasteiger partial charge in [-0.1, -0.05) is 54.7 Å². The summed E-state index contributed by atoms with van der Waals surface area (Å²) in [6.07, 6.45) is 1.97. The van der Waals surface area contributed by atoms with Crippen molar-refractivity contribution in [2.45, 2.75) is 26.9 Å². The summed E-state index contributed by atoms with van der Waals surface area (Å²) < 4.78 is 59.2. The van der Waals surface area contributed by atoms with E-state index in [1.807, 2.05) is 0 Å². The summed E-state index contributed by atoms with van der Waals surface area (Å²) in [5.41, 5.74) is -1.58. The summed E-state index contributed by atoms with van der Waals surface area (Å²) in [5.74, 6) is -8.26. The van der Waals surface area contributed by atoms with Gasteiger partial charge in [0.15, 0.2) is 23.3 Å². The summed E-state index contributed by atoms with van der Waals surface area (Å²) in [6, 6.07) is 0. The zero-order valence-corrected chi connectivity index (χ0v) is 15.4. The number of esters is 1. The Morgan fingerprint density at radius 3 is 2.12 bits per heavy atom. The molecule has 0 aliphatic heterocycles. The Balaban J connectivity index is 2.11. The van der Waals surface area contributed by atoms with Crippen molar-refractivity contribution in [2.24, 2.45) is 17.3 Å². The molecule has 0 saturated heterocycles. The van der Waals surface area contributed by atoms with Crippen LogP contribution in [0.2, 0.25) is 5.02 Å². The van der Waals surface area contributed by atoms with Gasteiger partial charge < -0.3 is 4.74 Å². The third kappa shape index (κ3) is 3.76. The van der Waals surface area contributed by atoms with Crippen LogP contribution in [0.15, 0.2) is 10.6 Å². The molecule has 0 radical (unpaired) electrons. The van der Waals surface area contributed by atoms with Crippen LogP contribution in [0.5, 0.6) is 0 Å². The van der Waals surface area contributed by atoms with Crippen LogP contribution < -0.4 is 0 Å². The molecule has 2 nitrogen and oxygen atoms in total. The molecule has 1 fully saturated rings. The van der Waals surface area contributed by atoms with Crippen molar-refractivity contribution in [3.63, 3.8) is 0 Å². The Labute approximate surface area is 156 Å². The topological polar surface area (TPSA) is 26.3 Å². The Morgan fingerprint density at radius 2 is 1.68 bits per heavy atom. The minimum atomic E-state index is -1.74. The van der Waals surface area contributed by atoms with Gasteiger partial charge in [-0.15, -0.1) is 0 Å². The molecule has 138 valence electrons. The highest BCUT2D eigenvalue weighted by Gasteiger charge is 2.51. The maximum absolute atomic E-state index is 13.7. The molecule has 1 aromatic carbocycles. The van der Waals surface area contributed by atoms with Crippen LogP contribution in [-0.2, 0) is 16.1 Å². The molecule has 0 amide bonds. The molecule has 0 bridgehead atoms. The fourth-order valence-electron chi connectivity index (χ4n) is 2.82. The molecule has 2 rings (SSSR count). The number of rotatable bonds is 4. The molecule has 25 heavy (non-hydrogen) atoms. The standard InChI is InChI=1S/C16H13Cl3F4O2/c1-16(2)6(4-9(17)18)3-8(16)15(24)25-5-7-11(20)13(22)10(19)14(23)12(7)21/h4,6,8H,3,5H2,1-2H3. The highest BCUT2D eigenvalue weighted by atomic mass is 35.5. The van der Waals surface area contributed by atoms with Gasteiger partial charge in [0.2, 0.25) is 0 Å². The number of hydrogen-bond acceptors (Lipinski definition) is 2. The van der Waals surface area contributed by atoms with Crippen LogP contribution in [-0.4, -0.2) is 5.97 Å².